The Labute approximate surface area is 127 Å². The minimum atomic E-state index is -0.749. The molecule has 0 bridgehead atoms. The van der Waals surface area contributed by atoms with Crippen LogP contribution in [0.4, 0.5) is 5.69 Å². The van der Waals surface area contributed by atoms with Gasteiger partial charge in [0, 0.05) is 17.0 Å². The summed E-state index contributed by atoms with van der Waals surface area (Å²) in [4.78, 5) is 22.4. The van der Waals surface area contributed by atoms with E-state index in [0.717, 1.165) is 17.1 Å². The van der Waals surface area contributed by atoms with Gasteiger partial charge in [0.05, 0.1) is 17.1 Å². The number of rotatable bonds is 4. The molecule has 0 aliphatic heterocycles. The zero-order valence-electron chi connectivity index (χ0n) is 12.3. The fraction of sp³-hybridized carbons (Fsp3) is 0.333. The number of carbonyl (C=O) groups excluding carboxylic acids is 1. The van der Waals surface area contributed by atoms with Gasteiger partial charge in [0.25, 0.3) is 0 Å². The average molecular weight is 300 g/mol. The van der Waals surface area contributed by atoms with E-state index in [1.54, 1.807) is 10.7 Å². The van der Waals surface area contributed by atoms with E-state index >= 15 is 0 Å². The van der Waals surface area contributed by atoms with E-state index in [4.69, 9.17) is 0 Å². The molecule has 22 heavy (non-hydrogen) atoms. The van der Waals surface area contributed by atoms with E-state index < -0.39 is 16.9 Å². The van der Waals surface area contributed by atoms with Crippen LogP contribution in [0.1, 0.15) is 17.8 Å². The highest BCUT2D eigenvalue weighted by Gasteiger charge is 2.53. The van der Waals surface area contributed by atoms with Crippen molar-refractivity contribution in [2.24, 2.45) is 5.92 Å². The molecule has 3 rings (SSSR count). The first-order valence-corrected chi connectivity index (χ1v) is 7.04. The Morgan fingerprint density at radius 2 is 2.14 bits per heavy atom. The van der Waals surface area contributed by atoms with Crippen molar-refractivity contribution in [3.05, 3.63) is 51.8 Å². The smallest absolute Gasteiger partial charge is 0.234 e. The molecule has 0 radical (unpaired) electrons. The van der Waals surface area contributed by atoms with Gasteiger partial charge in [-0.05, 0) is 32.0 Å². The SMILES string of the molecule is Cc1cc(C)n(-c2ccccc2NC(=O)[C@@H]2C[C@@H]2[N+](=O)[O-])n1. The molecule has 2 aromatic rings. The maximum Gasteiger partial charge on any atom is 0.234 e. The number of hydrogen-bond acceptors (Lipinski definition) is 4. The molecule has 1 aliphatic carbocycles. The highest BCUT2D eigenvalue weighted by atomic mass is 16.6. The first kappa shape index (κ1) is 14.2. The number of aromatic nitrogens is 2. The quantitative estimate of drug-likeness (QED) is 0.691. The molecule has 114 valence electrons. The van der Waals surface area contributed by atoms with Gasteiger partial charge in [-0.15, -0.1) is 0 Å². The van der Waals surface area contributed by atoms with Crippen LogP contribution in [0.15, 0.2) is 30.3 Å². The maximum absolute atomic E-state index is 12.1. The van der Waals surface area contributed by atoms with Gasteiger partial charge in [-0.3, -0.25) is 14.9 Å². The molecular weight excluding hydrogens is 284 g/mol. The molecule has 0 spiro atoms. The molecule has 2 atom stereocenters. The van der Waals surface area contributed by atoms with E-state index in [1.807, 2.05) is 38.1 Å². The Morgan fingerprint density at radius 1 is 1.41 bits per heavy atom. The van der Waals surface area contributed by atoms with Gasteiger partial charge < -0.3 is 5.32 Å². The minimum absolute atomic E-state index is 0.306. The number of carbonyl (C=O) groups is 1. The maximum atomic E-state index is 12.1. The molecule has 1 N–H and O–H groups in total. The summed E-state index contributed by atoms with van der Waals surface area (Å²) in [5.41, 5.74) is 3.19. The molecule has 1 heterocycles. The zero-order valence-corrected chi connectivity index (χ0v) is 12.3. The third kappa shape index (κ3) is 2.57. The fourth-order valence-corrected chi connectivity index (χ4v) is 2.56. The number of nitrogens with zero attached hydrogens (tertiary/aromatic N) is 3. The number of aryl methyl sites for hydroxylation is 2. The van der Waals surface area contributed by atoms with Crippen LogP contribution in [0, 0.1) is 29.9 Å². The standard InChI is InChI=1S/C15H16N4O3/c1-9-7-10(2)18(17-9)13-6-4-3-5-12(13)16-15(20)11-8-14(11)19(21)22/h3-7,11,14H,8H2,1-2H3,(H,16,20)/t11-,14+/m1/s1. The predicted molar refractivity (Wildman–Crippen MR) is 80.6 cm³/mol. The van der Waals surface area contributed by atoms with Gasteiger partial charge in [-0.1, -0.05) is 12.1 Å². The Balaban J connectivity index is 1.85. The summed E-state index contributed by atoms with van der Waals surface area (Å²) in [6.45, 7) is 3.83. The molecular formula is C15H16N4O3. The Hall–Kier alpha value is -2.70. The first-order valence-electron chi connectivity index (χ1n) is 7.04. The van der Waals surface area contributed by atoms with E-state index in [0.29, 0.717) is 12.1 Å². The van der Waals surface area contributed by atoms with Crippen molar-refractivity contribution in [2.75, 3.05) is 5.32 Å². The monoisotopic (exact) mass is 300 g/mol. The molecule has 7 nitrogen and oxygen atoms in total. The summed E-state index contributed by atoms with van der Waals surface area (Å²) >= 11 is 0. The van der Waals surface area contributed by atoms with Crippen LogP contribution in [0.2, 0.25) is 0 Å². The van der Waals surface area contributed by atoms with Crippen LogP contribution in [0.5, 0.6) is 0 Å². The summed E-state index contributed by atoms with van der Waals surface area (Å²) in [6, 6.07) is 8.49. The lowest BCUT2D eigenvalue weighted by atomic mass is 10.2. The van der Waals surface area contributed by atoms with Crippen molar-refractivity contribution in [1.82, 2.24) is 9.78 Å². The second kappa shape index (κ2) is 5.25. The van der Waals surface area contributed by atoms with Crippen LogP contribution < -0.4 is 5.32 Å². The summed E-state index contributed by atoms with van der Waals surface area (Å²) in [6.07, 6.45) is 0.306. The van der Waals surface area contributed by atoms with Crippen molar-refractivity contribution in [1.29, 1.82) is 0 Å². The number of para-hydroxylation sites is 2. The zero-order chi connectivity index (χ0) is 15.9. The second-order valence-corrected chi connectivity index (χ2v) is 5.54. The van der Waals surface area contributed by atoms with Crippen molar-refractivity contribution in [3.63, 3.8) is 0 Å². The molecule has 1 aromatic heterocycles. The van der Waals surface area contributed by atoms with Crippen molar-refractivity contribution >= 4 is 11.6 Å². The predicted octanol–water partition coefficient (Wildman–Crippen LogP) is 2.09. The molecule has 1 fully saturated rings. The molecule has 0 saturated heterocycles. The molecule has 1 amide bonds. The lowest BCUT2D eigenvalue weighted by molar-refractivity contribution is -0.497. The van der Waals surface area contributed by atoms with Crippen LogP contribution in [-0.2, 0) is 4.79 Å². The lowest BCUT2D eigenvalue weighted by Gasteiger charge is -2.12. The number of benzene rings is 1. The van der Waals surface area contributed by atoms with Crippen molar-refractivity contribution in [2.45, 2.75) is 26.3 Å². The van der Waals surface area contributed by atoms with Crippen molar-refractivity contribution < 1.29 is 9.72 Å². The number of nitrogens with one attached hydrogen (secondary N) is 1. The third-order valence-corrected chi connectivity index (χ3v) is 3.76. The Bertz CT molecular complexity index is 753. The van der Waals surface area contributed by atoms with Gasteiger partial charge >= 0.3 is 0 Å². The van der Waals surface area contributed by atoms with Crippen LogP contribution in [0.25, 0.3) is 5.69 Å². The number of amides is 1. The van der Waals surface area contributed by atoms with Crippen molar-refractivity contribution in [3.8, 4) is 5.69 Å². The summed E-state index contributed by atoms with van der Waals surface area (Å²) in [7, 11) is 0. The molecule has 1 saturated carbocycles. The normalized spacial score (nSPS) is 19.7. The minimum Gasteiger partial charge on any atom is -0.324 e. The highest BCUT2D eigenvalue weighted by molar-refractivity contribution is 5.96. The van der Waals surface area contributed by atoms with Gasteiger partial charge in [-0.2, -0.15) is 5.10 Å². The van der Waals surface area contributed by atoms with Gasteiger partial charge in [0.2, 0.25) is 11.9 Å². The number of anilines is 1. The topological polar surface area (TPSA) is 90.1 Å². The van der Waals surface area contributed by atoms with E-state index in [2.05, 4.69) is 10.4 Å². The van der Waals surface area contributed by atoms with Crippen LogP contribution in [-0.4, -0.2) is 26.7 Å². The third-order valence-electron chi connectivity index (χ3n) is 3.76. The molecule has 1 aromatic carbocycles. The van der Waals surface area contributed by atoms with Gasteiger partial charge in [0.15, 0.2) is 0 Å². The second-order valence-electron chi connectivity index (χ2n) is 5.54. The summed E-state index contributed by atoms with van der Waals surface area (Å²) < 4.78 is 1.75. The fourth-order valence-electron chi connectivity index (χ4n) is 2.56. The van der Waals surface area contributed by atoms with E-state index in [9.17, 15) is 14.9 Å². The average Bonchev–Trinajstić information content (AvgIpc) is 3.20. The first-order chi connectivity index (χ1) is 10.5. The number of hydrogen-bond donors (Lipinski definition) is 1. The Kier molecular flexibility index (Phi) is 3.40. The summed E-state index contributed by atoms with van der Waals surface area (Å²) in [5.74, 6) is -0.848. The van der Waals surface area contributed by atoms with Crippen LogP contribution >= 0.6 is 0 Å². The lowest BCUT2D eigenvalue weighted by Crippen LogP contribution is -2.19. The molecule has 7 heteroatoms. The van der Waals surface area contributed by atoms with E-state index in [-0.39, 0.29) is 5.91 Å². The van der Waals surface area contributed by atoms with Gasteiger partial charge in [0.1, 0.15) is 5.92 Å². The number of nitro groups is 1. The summed E-state index contributed by atoms with van der Waals surface area (Å²) in [5, 5.41) is 17.9. The van der Waals surface area contributed by atoms with Crippen LogP contribution in [0.3, 0.4) is 0 Å². The van der Waals surface area contributed by atoms with Gasteiger partial charge in [-0.25, -0.2) is 4.68 Å². The largest absolute Gasteiger partial charge is 0.324 e. The molecule has 0 unspecified atom stereocenters. The molecule has 1 aliphatic rings. The van der Waals surface area contributed by atoms with E-state index in [1.165, 1.54) is 0 Å². The Morgan fingerprint density at radius 3 is 2.73 bits per heavy atom. The highest BCUT2D eigenvalue weighted by Crippen LogP contribution is 2.34.